The van der Waals surface area contributed by atoms with Gasteiger partial charge < -0.3 is 14.4 Å². The monoisotopic (exact) mass is 451 g/mol. The van der Waals surface area contributed by atoms with E-state index in [0.717, 1.165) is 57.0 Å². The Morgan fingerprint density at radius 2 is 1.58 bits per heavy atom. The number of likely N-dealkylation sites (tertiary alicyclic amines) is 1. The van der Waals surface area contributed by atoms with Crippen molar-refractivity contribution in [2.24, 2.45) is 0 Å². The molecule has 2 heterocycles. The molecule has 0 aliphatic carbocycles. The van der Waals surface area contributed by atoms with Crippen LogP contribution in [0.2, 0.25) is 0 Å². The summed E-state index contributed by atoms with van der Waals surface area (Å²) in [7, 11) is 0. The van der Waals surface area contributed by atoms with Gasteiger partial charge in [-0.15, -0.1) is 0 Å². The Labute approximate surface area is 198 Å². The summed E-state index contributed by atoms with van der Waals surface area (Å²) in [5, 5.41) is 0. The van der Waals surface area contributed by atoms with Crippen LogP contribution in [0.5, 0.6) is 5.75 Å². The lowest BCUT2D eigenvalue weighted by molar-refractivity contribution is 0.0101. The zero-order valence-electron chi connectivity index (χ0n) is 20.2. The molecule has 6 nitrogen and oxygen atoms in total. The van der Waals surface area contributed by atoms with E-state index in [-0.39, 0.29) is 24.3 Å². The highest BCUT2D eigenvalue weighted by Gasteiger charge is 2.35. The van der Waals surface area contributed by atoms with Crippen LogP contribution in [0.4, 0.5) is 10.5 Å². The molecule has 33 heavy (non-hydrogen) atoms. The van der Waals surface area contributed by atoms with Crippen molar-refractivity contribution in [3.05, 3.63) is 60.2 Å². The van der Waals surface area contributed by atoms with Crippen LogP contribution >= 0.6 is 0 Å². The Balaban J connectivity index is 1.26. The van der Waals surface area contributed by atoms with Crippen molar-refractivity contribution >= 4 is 11.8 Å². The second kappa shape index (κ2) is 10.9. The van der Waals surface area contributed by atoms with Crippen molar-refractivity contribution < 1.29 is 14.3 Å². The summed E-state index contributed by atoms with van der Waals surface area (Å²) in [5.74, 6) is 0.888. The molecule has 2 aromatic rings. The van der Waals surface area contributed by atoms with E-state index in [1.807, 2.05) is 24.0 Å². The number of nitrogens with zero attached hydrogens (tertiary/aromatic N) is 3. The number of anilines is 1. The molecule has 2 aromatic carbocycles. The largest absolute Gasteiger partial charge is 0.494 e. The zero-order valence-corrected chi connectivity index (χ0v) is 20.2. The van der Waals surface area contributed by atoms with E-state index in [4.69, 9.17) is 9.47 Å². The fourth-order valence-corrected chi connectivity index (χ4v) is 5.04. The van der Waals surface area contributed by atoms with Gasteiger partial charge in [0.2, 0.25) is 0 Å². The van der Waals surface area contributed by atoms with E-state index in [9.17, 15) is 4.79 Å². The van der Waals surface area contributed by atoms with Crippen molar-refractivity contribution in [1.29, 1.82) is 0 Å². The molecule has 0 unspecified atom stereocenters. The first-order valence-corrected chi connectivity index (χ1v) is 12.3. The van der Waals surface area contributed by atoms with E-state index in [1.54, 1.807) is 0 Å². The van der Waals surface area contributed by atoms with Crippen LogP contribution in [0.25, 0.3) is 0 Å². The van der Waals surface area contributed by atoms with Crippen molar-refractivity contribution in [3.63, 3.8) is 0 Å². The van der Waals surface area contributed by atoms with Gasteiger partial charge in [-0.05, 0) is 63.4 Å². The smallest absolute Gasteiger partial charge is 0.410 e. The number of rotatable bonds is 6. The topological polar surface area (TPSA) is 45.3 Å². The predicted molar refractivity (Wildman–Crippen MR) is 132 cm³/mol. The third-order valence-corrected chi connectivity index (χ3v) is 6.69. The predicted octanol–water partition coefficient (Wildman–Crippen LogP) is 4.79. The normalized spacial score (nSPS) is 22.3. The summed E-state index contributed by atoms with van der Waals surface area (Å²) in [5.41, 5.74) is 2.50. The molecule has 0 N–H and O–H groups in total. The molecule has 0 radical (unpaired) electrons. The Morgan fingerprint density at radius 1 is 0.939 bits per heavy atom. The lowest BCUT2D eigenvalue weighted by atomic mass is 10.1. The molecule has 0 spiro atoms. The summed E-state index contributed by atoms with van der Waals surface area (Å²) >= 11 is 0. The maximum absolute atomic E-state index is 13.1. The van der Waals surface area contributed by atoms with Crippen molar-refractivity contribution in [3.8, 4) is 5.75 Å². The van der Waals surface area contributed by atoms with Crippen LogP contribution in [0.3, 0.4) is 0 Å². The van der Waals surface area contributed by atoms with Gasteiger partial charge in [0.05, 0.1) is 18.7 Å². The number of carbonyl (C=O) groups is 1. The number of piperidine rings is 1. The van der Waals surface area contributed by atoms with Crippen molar-refractivity contribution in [1.82, 2.24) is 9.80 Å². The molecule has 2 atom stereocenters. The van der Waals surface area contributed by atoms with E-state index >= 15 is 0 Å². The summed E-state index contributed by atoms with van der Waals surface area (Å²) in [6.07, 6.45) is 1.64. The molecule has 0 aromatic heterocycles. The lowest BCUT2D eigenvalue weighted by Crippen LogP contribution is -2.59. The average molecular weight is 452 g/mol. The Bertz CT molecular complexity index is 869. The molecule has 2 fully saturated rings. The van der Waals surface area contributed by atoms with E-state index < -0.39 is 0 Å². The minimum atomic E-state index is -0.164. The Hall–Kier alpha value is -2.73. The quantitative estimate of drug-likeness (QED) is 0.632. The molecule has 4 rings (SSSR count). The lowest BCUT2D eigenvalue weighted by Gasteiger charge is -2.45. The second-order valence-corrected chi connectivity index (χ2v) is 9.28. The van der Waals surface area contributed by atoms with Crippen LogP contribution in [0, 0.1) is 0 Å². The summed E-state index contributed by atoms with van der Waals surface area (Å²) in [6.45, 7) is 11.4. The number of benzene rings is 2. The van der Waals surface area contributed by atoms with Gasteiger partial charge in [0, 0.05) is 38.4 Å². The molecule has 0 saturated carbocycles. The van der Waals surface area contributed by atoms with Crippen LogP contribution in [0.1, 0.15) is 39.2 Å². The molecule has 2 aliphatic heterocycles. The minimum Gasteiger partial charge on any atom is -0.494 e. The molecule has 0 bridgehead atoms. The van der Waals surface area contributed by atoms with Crippen LogP contribution in [-0.4, -0.2) is 66.9 Å². The number of ether oxygens (including phenoxy) is 2. The molecule has 1 amide bonds. The first-order chi connectivity index (χ1) is 16.0. The Morgan fingerprint density at radius 3 is 2.18 bits per heavy atom. The maximum Gasteiger partial charge on any atom is 0.410 e. The van der Waals surface area contributed by atoms with Crippen LogP contribution in [0.15, 0.2) is 54.6 Å². The third-order valence-electron chi connectivity index (χ3n) is 6.69. The highest BCUT2D eigenvalue weighted by atomic mass is 16.6. The number of piperazine rings is 1. The average Bonchev–Trinajstić information content (AvgIpc) is 2.81. The standard InChI is InChI=1S/C27H37N3O3/c1-4-32-25-12-10-24(11-13-25)29-18-21(2)30(22(3)19-29)27(31)33-26-14-16-28(17-15-26)20-23-8-6-5-7-9-23/h5-13,21-22,26H,4,14-20H2,1-3H3/t21-,22+. The van der Waals surface area contributed by atoms with E-state index in [0.29, 0.717) is 6.61 Å². The van der Waals surface area contributed by atoms with Crippen LogP contribution < -0.4 is 9.64 Å². The number of carbonyl (C=O) groups excluding carboxylic acids is 1. The molecule has 2 saturated heterocycles. The first kappa shape index (κ1) is 23.4. The maximum atomic E-state index is 13.1. The van der Waals surface area contributed by atoms with Gasteiger partial charge in [0.15, 0.2) is 0 Å². The summed E-state index contributed by atoms with van der Waals surface area (Å²) < 4.78 is 11.5. The molecule has 178 valence electrons. The van der Waals surface area contributed by atoms with E-state index in [2.05, 4.69) is 66.1 Å². The number of hydrogen-bond acceptors (Lipinski definition) is 5. The molecular formula is C27H37N3O3. The number of hydrogen-bond donors (Lipinski definition) is 0. The van der Waals surface area contributed by atoms with Gasteiger partial charge in [-0.3, -0.25) is 9.80 Å². The second-order valence-electron chi connectivity index (χ2n) is 9.28. The van der Waals surface area contributed by atoms with E-state index in [1.165, 1.54) is 5.56 Å². The van der Waals surface area contributed by atoms with Gasteiger partial charge in [-0.25, -0.2) is 4.79 Å². The minimum absolute atomic E-state index is 0.00747. The number of amides is 1. The van der Waals surface area contributed by atoms with Crippen molar-refractivity contribution in [2.45, 2.75) is 58.3 Å². The highest BCUT2D eigenvalue weighted by Crippen LogP contribution is 2.26. The summed E-state index contributed by atoms with van der Waals surface area (Å²) in [4.78, 5) is 19.8. The van der Waals surface area contributed by atoms with Crippen LogP contribution in [-0.2, 0) is 11.3 Å². The third kappa shape index (κ3) is 5.99. The molecular weight excluding hydrogens is 414 g/mol. The fraction of sp³-hybridized carbons (Fsp3) is 0.519. The van der Waals surface area contributed by atoms with Gasteiger partial charge >= 0.3 is 6.09 Å². The van der Waals surface area contributed by atoms with Gasteiger partial charge in [-0.2, -0.15) is 0 Å². The zero-order chi connectivity index (χ0) is 23.2. The van der Waals surface area contributed by atoms with Gasteiger partial charge in [-0.1, -0.05) is 30.3 Å². The Kier molecular flexibility index (Phi) is 7.76. The summed E-state index contributed by atoms with van der Waals surface area (Å²) in [6, 6.07) is 19.0. The van der Waals surface area contributed by atoms with Gasteiger partial charge in [0.1, 0.15) is 11.9 Å². The fourth-order valence-electron chi connectivity index (χ4n) is 5.04. The molecule has 2 aliphatic rings. The van der Waals surface area contributed by atoms with Crippen molar-refractivity contribution in [2.75, 3.05) is 37.7 Å². The SMILES string of the molecule is CCOc1ccc(N2C[C@@H](C)N(C(=O)OC3CCN(Cc4ccccc4)CC3)[C@@H](C)C2)cc1. The molecule has 6 heteroatoms. The van der Waals surface area contributed by atoms with Gasteiger partial charge in [0.25, 0.3) is 0 Å². The highest BCUT2D eigenvalue weighted by molar-refractivity contribution is 5.69. The first-order valence-electron chi connectivity index (χ1n) is 12.3.